The molecule has 0 saturated heterocycles. The standard InChI is InChI=1S/C23H20ClFN2O/c1-28-19-8-5-16(6-9-19)23(13-22(26)27-14-23)17-4-2-3-15(11-17)20-12-18(24)7-10-21(20)25/h2-13,27H,14,26H2,1H3. The van der Waals surface area contributed by atoms with Crippen molar-refractivity contribution in [1.29, 1.82) is 0 Å². The van der Waals surface area contributed by atoms with Crippen molar-refractivity contribution in [3.8, 4) is 16.9 Å². The van der Waals surface area contributed by atoms with E-state index in [1.165, 1.54) is 6.07 Å². The van der Waals surface area contributed by atoms with Crippen LogP contribution >= 0.6 is 11.6 Å². The Morgan fingerprint density at radius 1 is 1.04 bits per heavy atom. The highest BCUT2D eigenvalue weighted by molar-refractivity contribution is 6.30. The molecule has 0 fully saturated rings. The average molecular weight is 395 g/mol. The maximum atomic E-state index is 14.4. The van der Waals surface area contributed by atoms with Crippen LogP contribution in [0.5, 0.6) is 5.75 Å². The van der Waals surface area contributed by atoms with Crippen LogP contribution < -0.4 is 15.8 Å². The molecule has 1 aliphatic rings. The normalized spacial score (nSPS) is 18.5. The van der Waals surface area contributed by atoms with E-state index < -0.39 is 5.41 Å². The first-order valence-corrected chi connectivity index (χ1v) is 9.32. The van der Waals surface area contributed by atoms with Gasteiger partial charge >= 0.3 is 0 Å². The molecule has 142 valence electrons. The Bertz CT molecular complexity index is 1050. The van der Waals surface area contributed by atoms with Gasteiger partial charge in [-0.25, -0.2) is 4.39 Å². The molecule has 3 nitrogen and oxygen atoms in total. The van der Waals surface area contributed by atoms with Crippen LogP contribution in [0.3, 0.4) is 0 Å². The van der Waals surface area contributed by atoms with Gasteiger partial charge in [0.25, 0.3) is 0 Å². The highest BCUT2D eigenvalue weighted by Gasteiger charge is 2.36. The number of nitrogens with one attached hydrogen (secondary N) is 1. The van der Waals surface area contributed by atoms with Gasteiger partial charge in [0, 0.05) is 17.1 Å². The zero-order valence-corrected chi connectivity index (χ0v) is 16.1. The van der Waals surface area contributed by atoms with Crippen molar-refractivity contribution in [2.24, 2.45) is 5.73 Å². The highest BCUT2D eigenvalue weighted by Crippen LogP contribution is 2.39. The Morgan fingerprint density at radius 3 is 2.50 bits per heavy atom. The Morgan fingerprint density at radius 2 is 1.82 bits per heavy atom. The second kappa shape index (κ2) is 7.21. The third-order valence-electron chi connectivity index (χ3n) is 5.20. The molecule has 0 spiro atoms. The highest BCUT2D eigenvalue weighted by atomic mass is 35.5. The summed E-state index contributed by atoms with van der Waals surface area (Å²) in [6.45, 7) is 0.618. The molecule has 0 amide bonds. The third kappa shape index (κ3) is 3.20. The molecular weight excluding hydrogens is 375 g/mol. The van der Waals surface area contributed by atoms with Crippen LogP contribution in [0, 0.1) is 5.82 Å². The van der Waals surface area contributed by atoms with E-state index in [4.69, 9.17) is 22.1 Å². The molecule has 0 aliphatic carbocycles. The topological polar surface area (TPSA) is 47.3 Å². The lowest BCUT2D eigenvalue weighted by Gasteiger charge is -2.28. The van der Waals surface area contributed by atoms with Crippen LogP contribution in [0.4, 0.5) is 4.39 Å². The largest absolute Gasteiger partial charge is 0.497 e. The summed E-state index contributed by atoms with van der Waals surface area (Å²) < 4.78 is 19.7. The van der Waals surface area contributed by atoms with E-state index in [1.54, 1.807) is 19.2 Å². The molecule has 1 heterocycles. The maximum absolute atomic E-state index is 14.4. The predicted octanol–water partition coefficient (Wildman–Crippen LogP) is 4.84. The minimum Gasteiger partial charge on any atom is -0.497 e. The zero-order chi connectivity index (χ0) is 19.7. The van der Waals surface area contributed by atoms with Crippen LogP contribution in [0.15, 0.2) is 78.6 Å². The number of nitrogens with two attached hydrogens (primary N) is 1. The molecular formula is C23H20ClFN2O. The van der Waals surface area contributed by atoms with Crippen LogP contribution in [0.2, 0.25) is 5.02 Å². The zero-order valence-electron chi connectivity index (χ0n) is 15.4. The molecule has 28 heavy (non-hydrogen) atoms. The number of rotatable bonds is 4. The SMILES string of the molecule is COc1ccc(C2(c3cccc(-c4cc(Cl)ccc4F)c3)C=C(N)NC2)cc1. The van der Waals surface area contributed by atoms with Crippen molar-refractivity contribution in [3.05, 3.63) is 101 Å². The number of methoxy groups -OCH3 is 1. The monoisotopic (exact) mass is 394 g/mol. The quantitative estimate of drug-likeness (QED) is 0.665. The summed E-state index contributed by atoms with van der Waals surface area (Å²) in [6, 6.07) is 20.3. The molecule has 0 saturated carbocycles. The van der Waals surface area contributed by atoms with Gasteiger partial charge in [0.05, 0.1) is 18.3 Å². The Kier molecular flexibility index (Phi) is 4.73. The number of hydrogen-bond acceptors (Lipinski definition) is 3. The van der Waals surface area contributed by atoms with E-state index in [9.17, 15) is 4.39 Å². The minimum atomic E-state index is -0.457. The van der Waals surface area contributed by atoms with Gasteiger partial charge in [-0.3, -0.25) is 0 Å². The maximum Gasteiger partial charge on any atom is 0.131 e. The molecule has 0 aromatic heterocycles. The van der Waals surface area contributed by atoms with Gasteiger partial charge in [0.15, 0.2) is 0 Å². The molecule has 0 bridgehead atoms. The fourth-order valence-corrected chi connectivity index (χ4v) is 3.89. The van der Waals surface area contributed by atoms with Gasteiger partial charge in [-0.1, -0.05) is 41.9 Å². The van der Waals surface area contributed by atoms with Gasteiger partial charge in [0.2, 0.25) is 0 Å². The predicted molar refractivity (Wildman–Crippen MR) is 111 cm³/mol. The smallest absolute Gasteiger partial charge is 0.131 e. The molecule has 3 aromatic carbocycles. The van der Waals surface area contributed by atoms with Crippen molar-refractivity contribution >= 4 is 11.6 Å². The summed E-state index contributed by atoms with van der Waals surface area (Å²) in [5, 5.41) is 3.73. The molecule has 4 rings (SSSR count). The fourth-order valence-electron chi connectivity index (χ4n) is 3.72. The van der Waals surface area contributed by atoms with Crippen molar-refractivity contribution < 1.29 is 9.13 Å². The van der Waals surface area contributed by atoms with Gasteiger partial charge in [-0.15, -0.1) is 0 Å². The Balaban J connectivity index is 1.85. The summed E-state index contributed by atoms with van der Waals surface area (Å²) in [4.78, 5) is 0. The number of hydrogen-bond donors (Lipinski definition) is 2. The van der Waals surface area contributed by atoms with Crippen LogP contribution in [0.25, 0.3) is 11.1 Å². The summed E-state index contributed by atoms with van der Waals surface area (Å²) in [6.07, 6.45) is 2.02. The molecule has 0 radical (unpaired) electrons. The number of halogens is 2. The summed E-state index contributed by atoms with van der Waals surface area (Å²) in [7, 11) is 1.64. The Hall–Kier alpha value is -2.98. The van der Waals surface area contributed by atoms with Crippen molar-refractivity contribution in [2.75, 3.05) is 13.7 Å². The molecule has 3 aromatic rings. The van der Waals surface area contributed by atoms with E-state index in [0.717, 1.165) is 22.4 Å². The lowest BCUT2D eigenvalue weighted by atomic mass is 9.75. The van der Waals surface area contributed by atoms with Crippen LogP contribution in [0.1, 0.15) is 11.1 Å². The Labute approximate surface area is 168 Å². The van der Waals surface area contributed by atoms with Crippen LogP contribution in [-0.2, 0) is 5.41 Å². The number of ether oxygens (including phenoxy) is 1. The number of benzene rings is 3. The summed E-state index contributed by atoms with van der Waals surface area (Å²) in [5.74, 6) is 1.10. The van der Waals surface area contributed by atoms with Gasteiger partial charge in [-0.05, 0) is 59.2 Å². The van der Waals surface area contributed by atoms with E-state index in [0.29, 0.717) is 23.0 Å². The molecule has 5 heteroatoms. The summed E-state index contributed by atoms with van der Waals surface area (Å²) in [5.41, 5.74) is 8.96. The first-order valence-electron chi connectivity index (χ1n) is 8.94. The second-order valence-corrected chi connectivity index (χ2v) is 7.29. The van der Waals surface area contributed by atoms with E-state index in [1.807, 2.05) is 54.6 Å². The molecule has 1 unspecified atom stereocenters. The van der Waals surface area contributed by atoms with E-state index in [2.05, 4.69) is 5.32 Å². The van der Waals surface area contributed by atoms with Crippen LogP contribution in [-0.4, -0.2) is 13.7 Å². The fraction of sp³-hybridized carbons (Fsp3) is 0.130. The first kappa shape index (κ1) is 18.4. The summed E-state index contributed by atoms with van der Waals surface area (Å²) >= 11 is 6.09. The molecule has 3 N–H and O–H groups in total. The van der Waals surface area contributed by atoms with Crippen molar-refractivity contribution in [3.63, 3.8) is 0 Å². The van der Waals surface area contributed by atoms with Crippen molar-refractivity contribution in [2.45, 2.75) is 5.41 Å². The molecule has 1 atom stereocenters. The lowest BCUT2D eigenvalue weighted by Crippen LogP contribution is -2.31. The van der Waals surface area contributed by atoms with Gasteiger partial charge in [-0.2, -0.15) is 0 Å². The molecule has 1 aliphatic heterocycles. The van der Waals surface area contributed by atoms with Gasteiger partial charge in [0.1, 0.15) is 11.6 Å². The first-order chi connectivity index (χ1) is 13.5. The second-order valence-electron chi connectivity index (χ2n) is 6.86. The van der Waals surface area contributed by atoms with Gasteiger partial charge < -0.3 is 15.8 Å². The lowest BCUT2D eigenvalue weighted by molar-refractivity contribution is 0.414. The average Bonchev–Trinajstić information content (AvgIpc) is 3.13. The van der Waals surface area contributed by atoms with E-state index in [-0.39, 0.29) is 5.82 Å². The van der Waals surface area contributed by atoms with E-state index >= 15 is 0 Å². The van der Waals surface area contributed by atoms with Crippen molar-refractivity contribution in [1.82, 2.24) is 5.32 Å². The minimum absolute atomic E-state index is 0.306. The third-order valence-corrected chi connectivity index (χ3v) is 5.43.